The smallest absolute Gasteiger partial charge is 0.141 e. The molecule has 0 N–H and O–H groups in total. The Hall–Kier alpha value is -1.19. The van der Waals surface area contributed by atoms with Crippen molar-refractivity contribution in [3.63, 3.8) is 0 Å². The molecule has 0 aromatic heterocycles. The van der Waals surface area contributed by atoms with E-state index in [4.69, 9.17) is 4.74 Å². The lowest BCUT2D eigenvalue weighted by Gasteiger charge is -2.49. The number of ketones is 1. The highest BCUT2D eigenvalue weighted by Gasteiger charge is 2.43. The Labute approximate surface area is 133 Å². The Bertz CT molecular complexity index is 506. The number of nitrogens with zero attached hydrogens (tertiary/aromatic N) is 1. The van der Waals surface area contributed by atoms with E-state index in [-0.39, 0.29) is 11.3 Å². The van der Waals surface area contributed by atoms with Gasteiger partial charge in [0.25, 0.3) is 0 Å². The van der Waals surface area contributed by atoms with Gasteiger partial charge in [0, 0.05) is 30.0 Å². The summed E-state index contributed by atoms with van der Waals surface area (Å²) in [5.74, 6) is 0.620. The molecule has 2 bridgehead atoms. The standard InChI is InChI=1S/C19H27NO2/c1-19(2,3)18(21)15-9-16-12-22-13-17(10-15)20(16)11-14-7-5-4-6-8-14/h4-8,15-17H,9-13H2,1-3H3. The zero-order valence-corrected chi connectivity index (χ0v) is 13.9. The van der Waals surface area contributed by atoms with Crippen molar-refractivity contribution in [1.29, 1.82) is 0 Å². The first kappa shape index (κ1) is 15.7. The lowest BCUT2D eigenvalue weighted by Crippen LogP contribution is -2.57. The quantitative estimate of drug-likeness (QED) is 0.858. The zero-order valence-electron chi connectivity index (χ0n) is 13.9. The lowest BCUT2D eigenvalue weighted by atomic mass is 9.74. The van der Waals surface area contributed by atoms with Crippen LogP contribution in [0.5, 0.6) is 0 Å². The van der Waals surface area contributed by atoms with Crippen molar-refractivity contribution in [2.75, 3.05) is 13.2 Å². The van der Waals surface area contributed by atoms with E-state index < -0.39 is 0 Å². The van der Waals surface area contributed by atoms with Crippen LogP contribution in [0, 0.1) is 11.3 Å². The molecule has 1 aromatic carbocycles. The van der Waals surface area contributed by atoms with Crippen molar-refractivity contribution < 1.29 is 9.53 Å². The van der Waals surface area contributed by atoms with E-state index in [1.807, 2.05) is 20.8 Å². The summed E-state index contributed by atoms with van der Waals surface area (Å²) < 4.78 is 5.77. The summed E-state index contributed by atoms with van der Waals surface area (Å²) in [5, 5.41) is 0. The van der Waals surface area contributed by atoms with Crippen molar-refractivity contribution >= 4 is 5.78 Å². The van der Waals surface area contributed by atoms with Crippen LogP contribution in [0.15, 0.2) is 30.3 Å². The fourth-order valence-corrected chi connectivity index (χ4v) is 3.87. The van der Waals surface area contributed by atoms with Crippen molar-refractivity contribution in [2.24, 2.45) is 11.3 Å². The molecule has 0 amide bonds. The zero-order chi connectivity index (χ0) is 15.7. The molecular weight excluding hydrogens is 274 g/mol. The molecule has 0 radical (unpaired) electrons. The molecule has 2 heterocycles. The number of rotatable bonds is 3. The van der Waals surface area contributed by atoms with Crippen LogP contribution in [-0.4, -0.2) is 36.0 Å². The highest BCUT2D eigenvalue weighted by Crippen LogP contribution is 2.36. The monoisotopic (exact) mass is 301 g/mol. The number of carbonyl (C=O) groups excluding carboxylic acids is 1. The number of ether oxygens (including phenoxy) is 1. The molecule has 120 valence electrons. The van der Waals surface area contributed by atoms with Gasteiger partial charge in [-0.1, -0.05) is 51.1 Å². The van der Waals surface area contributed by atoms with Gasteiger partial charge in [-0.25, -0.2) is 0 Å². The van der Waals surface area contributed by atoms with E-state index in [0.717, 1.165) is 32.6 Å². The van der Waals surface area contributed by atoms with Gasteiger partial charge in [-0.3, -0.25) is 9.69 Å². The van der Waals surface area contributed by atoms with Crippen molar-refractivity contribution in [1.82, 2.24) is 4.90 Å². The molecule has 2 aliphatic heterocycles. The van der Waals surface area contributed by atoms with Crippen LogP contribution < -0.4 is 0 Å². The molecule has 1 aromatic rings. The number of hydrogen-bond donors (Lipinski definition) is 0. The maximum Gasteiger partial charge on any atom is 0.141 e. The third-order valence-corrected chi connectivity index (χ3v) is 4.99. The van der Waals surface area contributed by atoms with Crippen LogP contribution >= 0.6 is 0 Å². The first-order valence-corrected chi connectivity index (χ1v) is 8.37. The molecule has 2 unspecified atom stereocenters. The van der Waals surface area contributed by atoms with Gasteiger partial charge in [-0.15, -0.1) is 0 Å². The first-order chi connectivity index (χ1) is 10.4. The molecule has 2 aliphatic rings. The maximum absolute atomic E-state index is 12.7. The lowest BCUT2D eigenvalue weighted by molar-refractivity contribution is -0.140. The van der Waals surface area contributed by atoms with E-state index in [1.54, 1.807) is 0 Å². The van der Waals surface area contributed by atoms with Gasteiger partial charge in [0.1, 0.15) is 5.78 Å². The Morgan fingerprint density at radius 2 is 1.73 bits per heavy atom. The minimum Gasteiger partial charge on any atom is -0.378 e. The summed E-state index contributed by atoms with van der Waals surface area (Å²) in [6, 6.07) is 11.4. The number of Topliss-reactive ketones (excluding diaryl/α,β-unsaturated/α-hetero) is 1. The first-order valence-electron chi connectivity index (χ1n) is 8.37. The van der Waals surface area contributed by atoms with Crippen LogP contribution in [0.4, 0.5) is 0 Å². The molecule has 22 heavy (non-hydrogen) atoms. The molecule has 3 rings (SSSR count). The van der Waals surface area contributed by atoms with Gasteiger partial charge >= 0.3 is 0 Å². The van der Waals surface area contributed by atoms with E-state index >= 15 is 0 Å². The number of benzene rings is 1. The SMILES string of the molecule is CC(C)(C)C(=O)C1CC2COCC(C1)N2Cc1ccccc1. The highest BCUT2D eigenvalue weighted by molar-refractivity contribution is 5.86. The topological polar surface area (TPSA) is 29.5 Å². The minimum absolute atomic E-state index is 0.200. The highest BCUT2D eigenvalue weighted by atomic mass is 16.5. The van der Waals surface area contributed by atoms with Gasteiger partial charge in [-0.2, -0.15) is 0 Å². The van der Waals surface area contributed by atoms with Gasteiger partial charge < -0.3 is 4.74 Å². The number of fused-ring (bicyclic) bond motifs is 2. The summed E-state index contributed by atoms with van der Waals surface area (Å²) in [6.45, 7) is 8.61. The minimum atomic E-state index is -0.235. The Balaban J connectivity index is 1.73. The van der Waals surface area contributed by atoms with Crippen molar-refractivity contribution in [2.45, 2.75) is 52.2 Å². The van der Waals surface area contributed by atoms with Crippen LogP contribution in [-0.2, 0) is 16.1 Å². The number of piperidine rings is 1. The van der Waals surface area contributed by atoms with Crippen LogP contribution in [0.3, 0.4) is 0 Å². The number of morpholine rings is 1. The van der Waals surface area contributed by atoms with Crippen molar-refractivity contribution in [3.05, 3.63) is 35.9 Å². The second kappa shape index (κ2) is 6.13. The Morgan fingerprint density at radius 3 is 2.27 bits per heavy atom. The normalized spacial score (nSPS) is 29.3. The van der Waals surface area contributed by atoms with Gasteiger partial charge in [0.05, 0.1) is 13.2 Å². The summed E-state index contributed by atoms with van der Waals surface area (Å²) in [7, 11) is 0. The second-order valence-corrected chi connectivity index (χ2v) is 7.79. The van der Waals surface area contributed by atoms with E-state index in [0.29, 0.717) is 17.9 Å². The fraction of sp³-hybridized carbons (Fsp3) is 0.632. The van der Waals surface area contributed by atoms with Gasteiger partial charge in [0.2, 0.25) is 0 Å². The summed E-state index contributed by atoms with van der Waals surface area (Å²) in [6.07, 6.45) is 1.89. The molecule has 3 heteroatoms. The van der Waals surface area contributed by atoms with Gasteiger partial charge in [0.15, 0.2) is 0 Å². The summed E-state index contributed by atoms with van der Waals surface area (Å²) in [5.41, 5.74) is 1.11. The Kier molecular flexibility index (Phi) is 4.37. The fourth-order valence-electron chi connectivity index (χ4n) is 3.87. The van der Waals surface area contributed by atoms with Crippen LogP contribution in [0.2, 0.25) is 0 Å². The summed E-state index contributed by atoms with van der Waals surface area (Å²) >= 11 is 0. The number of hydrogen-bond acceptors (Lipinski definition) is 3. The molecule has 0 aliphatic carbocycles. The van der Waals surface area contributed by atoms with Crippen LogP contribution in [0.25, 0.3) is 0 Å². The van der Waals surface area contributed by atoms with E-state index in [2.05, 4.69) is 35.2 Å². The average molecular weight is 301 g/mol. The maximum atomic E-state index is 12.7. The largest absolute Gasteiger partial charge is 0.378 e. The van der Waals surface area contributed by atoms with Crippen LogP contribution in [0.1, 0.15) is 39.2 Å². The third kappa shape index (κ3) is 3.26. The summed E-state index contributed by atoms with van der Waals surface area (Å²) in [4.78, 5) is 15.2. The molecule has 2 atom stereocenters. The molecular formula is C19H27NO2. The molecule has 0 saturated carbocycles. The molecule has 3 nitrogen and oxygen atoms in total. The van der Waals surface area contributed by atoms with Crippen molar-refractivity contribution in [3.8, 4) is 0 Å². The van der Waals surface area contributed by atoms with E-state index in [1.165, 1.54) is 5.56 Å². The third-order valence-electron chi connectivity index (χ3n) is 4.99. The second-order valence-electron chi connectivity index (χ2n) is 7.79. The number of carbonyl (C=O) groups is 1. The van der Waals surface area contributed by atoms with Gasteiger partial charge in [-0.05, 0) is 18.4 Å². The molecule has 0 spiro atoms. The predicted octanol–water partition coefficient (Wildman–Crippen LogP) is 3.28. The van der Waals surface area contributed by atoms with E-state index in [9.17, 15) is 4.79 Å². The molecule has 2 saturated heterocycles. The molecule has 2 fully saturated rings. The Morgan fingerprint density at radius 1 is 1.14 bits per heavy atom. The predicted molar refractivity (Wildman–Crippen MR) is 87.6 cm³/mol. The average Bonchev–Trinajstić information content (AvgIpc) is 2.46.